The minimum absolute atomic E-state index is 0.0247. The van der Waals surface area contributed by atoms with Crippen LogP contribution in [0.1, 0.15) is 39.0 Å². The third-order valence-electron chi connectivity index (χ3n) is 11.3. The molecule has 0 fully saturated rings. The van der Waals surface area contributed by atoms with Crippen LogP contribution in [0.3, 0.4) is 0 Å². The highest BCUT2D eigenvalue weighted by Gasteiger charge is 2.19. The van der Waals surface area contributed by atoms with E-state index in [1.807, 2.05) is 97.1 Å². The predicted molar refractivity (Wildman–Crippen MR) is 261 cm³/mol. The van der Waals surface area contributed by atoms with Crippen LogP contribution in [-0.4, -0.2) is 29.5 Å². The van der Waals surface area contributed by atoms with Gasteiger partial charge in [0.15, 0.2) is 5.65 Å². The Morgan fingerprint density at radius 3 is 1.62 bits per heavy atom. The number of hydrogen-bond acceptors (Lipinski definition) is 6. The standard InChI is InChI=1S/C58H41N7/c59-38-55-63-58-52-37-46(28-29-51(52)56-57(65(58)64-55)50(30-33-62-56)43-10-2-1-3-11-43)48-12-4-5-13-49(48)47-35-41(18-16-39-20-24-44(25-21-39)53-14-6-8-31-60-53)34-42(36-47)19-17-40-22-26-45(27-23-40)54-15-7-9-32-61-54/h1-15,20-37H,16-19H2/i16D2,17D2,18D2,19D2. The Bertz CT molecular complexity index is 3790. The van der Waals surface area contributed by atoms with Crippen molar-refractivity contribution in [3.05, 3.63) is 229 Å². The molecule has 5 heterocycles. The average molecular weight is 844 g/mol. The molecule has 6 aromatic carbocycles. The second-order valence-electron chi connectivity index (χ2n) is 15.4. The molecule has 0 spiro atoms. The number of aryl methyl sites for hydroxylation is 4. The molecule has 0 aliphatic heterocycles. The number of aromatic nitrogens is 6. The average Bonchev–Trinajstić information content (AvgIpc) is 3.88. The van der Waals surface area contributed by atoms with Gasteiger partial charge in [0.2, 0.25) is 0 Å². The van der Waals surface area contributed by atoms with E-state index in [1.54, 1.807) is 65.6 Å². The Hall–Kier alpha value is -8.60. The summed E-state index contributed by atoms with van der Waals surface area (Å²) in [5.41, 5.74) is 8.22. The number of fused-ring (bicyclic) bond motifs is 6. The molecule has 0 saturated heterocycles. The molecular formula is C58H41N7. The predicted octanol–water partition coefficient (Wildman–Crippen LogP) is 13.0. The Labute approximate surface area is 388 Å². The van der Waals surface area contributed by atoms with E-state index in [4.69, 9.17) is 4.98 Å². The van der Waals surface area contributed by atoms with Gasteiger partial charge in [0.05, 0.1) is 16.9 Å². The minimum Gasteiger partial charge on any atom is -0.256 e. The van der Waals surface area contributed by atoms with Gasteiger partial charge in [-0.15, -0.1) is 5.10 Å². The highest BCUT2D eigenvalue weighted by molar-refractivity contribution is 6.14. The fourth-order valence-corrected chi connectivity index (χ4v) is 8.23. The zero-order chi connectivity index (χ0) is 50.7. The van der Waals surface area contributed by atoms with E-state index < -0.39 is 25.5 Å². The van der Waals surface area contributed by atoms with Crippen LogP contribution in [0.15, 0.2) is 201 Å². The molecule has 11 rings (SSSR count). The first kappa shape index (κ1) is 31.3. The Morgan fingerprint density at radius 1 is 0.446 bits per heavy atom. The molecule has 0 saturated carbocycles. The van der Waals surface area contributed by atoms with Crippen LogP contribution >= 0.6 is 0 Å². The van der Waals surface area contributed by atoms with Gasteiger partial charge in [-0.3, -0.25) is 15.0 Å². The maximum atomic E-state index is 10.1. The van der Waals surface area contributed by atoms with Crippen molar-refractivity contribution in [1.82, 2.24) is 29.5 Å². The summed E-state index contributed by atoms with van der Waals surface area (Å²) in [6, 6.07) is 55.1. The molecule has 0 unspecified atom stereocenters. The van der Waals surface area contributed by atoms with Gasteiger partial charge in [-0.2, -0.15) is 10.2 Å². The summed E-state index contributed by atoms with van der Waals surface area (Å²) < 4.78 is 78.1. The van der Waals surface area contributed by atoms with Crippen molar-refractivity contribution in [2.75, 3.05) is 0 Å². The van der Waals surface area contributed by atoms with E-state index in [-0.39, 0.29) is 28.1 Å². The third kappa shape index (κ3) is 7.90. The number of pyridine rings is 4. The molecule has 5 aromatic heterocycles. The van der Waals surface area contributed by atoms with Crippen molar-refractivity contribution >= 4 is 27.5 Å². The van der Waals surface area contributed by atoms with Crippen LogP contribution < -0.4 is 0 Å². The lowest BCUT2D eigenvalue weighted by Crippen LogP contribution is -1.99. The Kier molecular flexibility index (Phi) is 8.31. The van der Waals surface area contributed by atoms with Gasteiger partial charge in [-0.1, -0.05) is 146 Å². The van der Waals surface area contributed by atoms with Gasteiger partial charge in [-0.25, -0.2) is 4.52 Å². The number of hydrogen-bond donors (Lipinski definition) is 0. The van der Waals surface area contributed by atoms with Crippen LogP contribution in [0.4, 0.5) is 0 Å². The van der Waals surface area contributed by atoms with E-state index in [0.717, 1.165) is 27.6 Å². The molecule has 0 N–H and O–H groups in total. The van der Waals surface area contributed by atoms with Crippen molar-refractivity contribution in [3.63, 3.8) is 0 Å². The monoisotopic (exact) mass is 843 g/mol. The molecular weight excluding hydrogens is 795 g/mol. The minimum atomic E-state index is -2.81. The highest BCUT2D eigenvalue weighted by atomic mass is 15.3. The number of nitrogens with zero attached hydrogens (tertiary/aromatic N) is 7. The molecule has 308 valence electrons. The van der Waals surface area contributed by atoms with Gasteiger partial charge in [0.25, 0.3) is 5.82 Å². The van der Waals surface area contributed by atoms with Crippen molar-refractivity contribution in [3.8, 4) is 62.0 Å². The summed E-state index contributed by atoms with van der Waals surface area (Å²) in [6.45, 7) is 0. The quantitative estimate of drug-likeness (QED) is 0.120. The maximum absolute atomic E-state index is 10.1. The molecule has 7 heteroatoms. The number of rotatable bonds is 11. The smallest absolute Gasteiger partial charge is 0.253 e. The van der Waals surface area contributed by atoms with Gasteiger partial charge in [-0.05, 0) is 112 Å². The molecule has 7 nitrogen and oxygen atoms in total. The summed E-state index contributed by atoms with van der Waals surface area (Å²) in [5, 5.41) is 16.1. The highest BCUT2D eigenvalue weighted by Crippen LogP contribution is 2.39. The second kappa shape index (κ2) is 17.3. The van der Waals surface area contributed by atoms with Gasteiger partial charge in [0, 0.05) is 57.0 Å². The zero-order valence-electron chi connectivity index (χ0n) is 42.7. The lowest BCUT2D eigenvalue weighted by Gasteiger charge is -2.16. The van der Waals surface area contributed by atoms with Crippen molar-refractivity contribution < 1.29 is 11.0 Å². The Balaban J connectivity index is 1.08. The molecule has 11 aromatic rings. The van der Waals surface area contributed by atoms with Crippen molar-refractivity contribution in [2.45, 2.75) is 25.5 Å². The maximum Gasteiger partial charge on any atom is 0.253 e. The summed E-state index contributed by atoms with van der Waals surface area (Å²) in [4.78, 5) is 18.3. The molecule has 0 aliphatic carbocycles. The SMILES string of the molecule is [2H]C([2H])(c1ccc(-c2ccccn2)cc1)C([2H])([2H])c1cc(-c2ccccc2-c2ccc3c(c2)c2nc(C#N)nn2c2c(-c4ccccc4)ccnc32)cc(C([2H])([2H])C([2H])([2H])c2ccc(-c3ccccn3)cc2)c1. The van der Waals surface area contributed by atoms with Gasteiger partial charge >= 0.3 is 0 Å². The fourth-order valence-electron chi connectivity index (χ4n) is 8.23. The third-order valence-corrected chi connectivity index (χ3v) is 11.3. The van der Waals surface area contributed by atoms with Crippen LogP contribution in [-0.2, 0) is 25.5 Å². The molecule has 65 heavy (non-hydrogen) atoms. The fraction of sp³-hybridized carbons (Fsp3) is 0.0690. The topological polar surface area (TPSA) is 92.7 Å². The normalized spacial score (nSPS) is 14.0. The van der Waals surface area contributed by atoms with Crippen LogP contribution in [0, 0.1) is 11.3 Å². The van der Waals surface area contributed by atoms with E-state index >= 15 is 0 Å². The van der Waals surface area contributed by atoms with Crippen molar-refractivity contribution in [1.29, 1.82) is 5.26 Å². The van der Waals surface area contributed by atoms with E-state index in [9.17, 15) is 16.2 Å². The second-order valence-corrected chi connectivity index (χ2v) is 15.4. The molecule has 0 bridgehead atoms. The van der Waals surface area contributed by atoms with E-state index in [2.05, 4.69) is 26.1 Å². The first-order valence-electron chi connectivity index (χ1n) is 25.0. The zero-order valence-corrected chi connectivity index (χ0v) is 34.7. The van der Waals surface area contributed by atoms with Gasteiger partial charge < -0.3 is 0 Å². The molecule has 0 atom stereocenters. The first-order valence-corrected chi connectivity index (χ1v) is 21.0. The molecule has 0 aliphatic rings. The summed E-state index contributed by atoms with van der Waals surface area (Å²) in [6.07, 6.45) is -5.92. The van der Waals surface area contributed by atoms with Crippen molar-refractivity contribution in [2.24, 2.45) is 0 Å². The van der Waals surface area contributed by atoms with E-state index in [0.29, 0.717) is 55.7 Å². The van der Waals surface area contributed by atoms with Crippen LogP contribution in [0.25, 0.3) is 83.3 Å². The van der Waals surface area contributed by atoms with Crippen LogP contribution in [0.5, 0.6) is 0 Å². The number of nitriles is 1. The lowest BCUT2D eigenvalue weighted by atomic mass is 9.89. The summed E-state index contributed by atoms with van der Waals surface area (Å²) in [7, 11) is 0. The number of benzene rings is 6. The molecule has 0 amide bonds. The van der Waals surface area contributed by atoms with E-state index in [1.165, 1.54) is 42.5 Å². The summed E-state index contributed by atoms with van der Waals surface area (Å²) >= 11 is 0. The van der Waals surface area contributed by atoms with Crippen LogP contribution in [0.2, 0.25) is 0 Å². The molecule has 0 radical (unpaired) electrons. The summed E-state index contributed by atoms with van der Waals surface area (Å²) in [5.74, 6) is -0.0247. The largest absolute Gasteiger partial charge is 0.256 e. The Morgan fingerprint density at radius 2 is 1.02 bits per heavy atom. The first-order chi connectivity index (χ1) is 35.2. The lowest BCUT2D eigenvalue weighted by molar-refractivity contribution is 0.931. The van der Waals surface area contributed by atoms with Gasteiger partial charge in [0.1, 0.15) is 11.6 Å².